The summed E-state index contributed by atoms with van der Waals surface area (Å²) in [5.41, 5.74) is 1.29. The Hall–Kier alpha value is -2.67. The molecule has 0 radical (unpaired) electrons. The Bertz CT molecular complexity index is 712. The fraction of sp³-hybridized carbons (Fsp3) is 0.389. The molecule has 1 aromatic heterocycles. The zero-order valence-electron chi connectivity index (χ0n) is 14.6. The topological polar surface area (TPSA) is 70.6 Å². The lowest BCUT2D eigenvalue weighted by atomic mass is 10.2. The van der Waals surface area contributed by atoms with E-state index < -0.39 is 0 Å². The fourth-order valence-electron chi connectivity index (χ4n) is 2.66. The van der Waals surface area contributed by atoms with Crippen LogP contribution in [0, 0.1) is 0 Å². The summed E-state index contributed by atoms with van der Waals surface area (Å²) < 4.78 is 5.43. The number of hydrogen-bond acceptors (Lipinski definition) is 6. The van der Waals surface area contributed by atoms with E-state index in [9.17, 15) is 4.79 Å². The molecular formula is C18H23N5O2. The molecule has 1 saturated heterocycles. The molecule has 0 atom stereocenters. The quantitative estimate of drug-likeness (QED) is 0.897. The van der Waals surface area contributed by atoms with Crippen LogP contribution in [0.4, 0.5) is 11.5 Å². The van der Waals surface area contributed by atoms with Gasteiger partial charge >= 0.3 is 0 Å². The van der Waals surface area contributed by atoms with Gasteiger partial charge in [-0.05, 0) is 38.2 Å². The highest BCUT2D eigenvalue weighted by atomic mass is 16.5. The maximum absolute atomic E-state index is 12.6. The van der Waals surface area contributed by atoms with Gasteiger partial charge < -0.3 is 19.9 Å². The highest BCUT2D eigenvalue weighted by molar-refractivity contribution is 5.93. The summed E-state index contributed by atoms with van der Waals surface area (Å²) in [6, 6.07) is 9.30. The van der Waals surface area contributed by atoms with Gasteiger partial charge in [0, 0.05) is 37.9 Å². The maximum Gasteiger partial charge on any atom is 0.272 e. The number of amides is 1. The van der Waals surface area contributed by atoms with Gasteiger partial charge in [0.1, 0.15) is 23.6 Å². The van der Waals surface area contributed by atoms with E-state index in [1.54, 1.807) is 6.07 Å². The molecule has 1 fully saturated rings. The lowest BCUT2D eigenvalue weighted by molar-refractivity contribution is 0.0658. The average molecular weight is 341 g/mol. The Balaban J connectivity index is 1.67. The number of carbonyl (C=O) groups is 1. The molecule has 7 heteroatoms. The predicted molar refractivity (Wildman–Crippen MR) is 96.3 cm³/mol. The zero-order chi connectivity index (χ0) is 17.6. The average Bonchev–Trinajstić information content (AvgIpc) is 2.64. The number of hydrogen-bond donors (Lipinski definition) is 1. The monoisotopic (exact) mass is 341 g/mol. The number of carbonyl (C=O) groups excluding carboxylic acids is 1. The smallest absolute Gasteiger partial charge is 0.272 e. The highest BCUT2D eigenvalue weighted by Crippen LogP contribution is 2.19. The number of anilines is 2. The van der Waals surface area contributed by atoms with Crippen molar-refractivity contribution in [3.8, 4) is 5.75 Å². The second-order valence-corrected chi connectivity index (χ2v) is 5.97. The number of benzene rings is 1. The molecule has 0 saturated carbocycles. The number of ether oxygens (including phenoxy) is 1. The Kier molecular flexibility index (Phi) is 5.45. The molecule has 1 N–H and O–H groups in total. The van der Waals surface area contributed by atoms with Gasteiger partial charge in [-0.3, -0.25) is 4.79 Å². The van der Waals surface area contributed by atoms with Gasteiger partial charge in [0.2, 0.25) is 0 Å². The molecule has 2 aromatic rings. The highest BCUT2D eigenvalue weighted by Gasteiger charge is 2.21. The van der Waals surface area contributed by atoms with Crippen molar-refractivity contribution >= 4 is 17.4 Å². The van der Waals surface area contributed by atoms with E-state index in [-0.39, 0.29) is 5.91 Å². The molecule has 0 spiro atoms. The van der Waals surface area contributed by atoms with Crippen molar-refractivity contribution in [2.75, 3.05) is 45.2 Å². The third-order valence-corrected chi connectivity index (χ3v) is 4.11. The third kappa shape index (κ3) is 4.45. The number of rotatable bonds is 5. The second-order valence-electron chi connectivity index (χ2n) is 5.97. The van der Waals surface area contributed by atoms with Gasteiger partial charge in [0.25, 0.3) is 5.91 Å². The zero-order valence-corrected chi connectivity index (χ0v) is 14.6. The number of piperazine rings is 1. The molecule has 1 amide bonds. The molecule has 132 valence electrons. The predicted octanol–water partition coefficient (Wildman–Crippen LogP) is 2.01. The summed E-state index contributed by atoms with van der Waals surface area (Å²) in [4.78, 5) is 25.0. The SMILES string of the molecule is CCOc1ccc(Nc2cc(C(=O)N3CCN(C)CC3)ncn2)cc1. The van der Waals surface area contributed by atoms with E-state index in [1.165, 1.54) is 6.33 Å². The second kappa shape index (κ2) is 7.94. The standard InChI is InChI=1S/C18H23N5O2/c1-3-25-15-6-4-14(5-7-15)21-17-12-16(19-13-20-17)18(24)23-10-8-22(2)9-11-23/h4-7,12-13H,3,8-11H2,1-2H3,(H,19,20,21). The van der Waals surface area contributed by atoms with Gasteiger partial charge in [-0.15, -0.1) is 0 Å². The fourth-order valence-corrected chi connectivity index (χ4v) is 2.66. The molecule has 7 nitrogen and oxygen atoms in total. The van der Waals surface area contributed by atoms with Gasteiger partial charge in [0.05, 0.1) is 6.61 Å². The summed E-state index contributed by atoms with van der Waals surface area (Å²) >= 11 is 0. The van der Waals surface area contributed by atoms with Crippen LogP contribution in [0.3, 0.4) is 0 Å². The lowest BCUT2D eigenvalue weighted by Crippen LogP contribution is -2.47. The Labute approximate surface area is 147 Å². The molecule has 1 aromatic carbocycles. The Morgan fingerprint density at radius 3 is 2.56 bits per heavy atom. The van der Waals surface area contributed by atoms with E-state index in [1.807, 2.05) is 36.1 Å². The van der Waals surface area contributed by atoms with E-state index in [2.05, 4.69) is 27.2 Å². The molecule has 0 unspecified atom stereocenters. The van der Waals surface area contributed by atoms with Gasteiger partial charge in [0.15, 0.2) is 0 Å². The molecule has 25 heavy (non-hydrogen) atoms. The molecule has 2 heterocycles. The number of nitrogens with zero attached hydrogens (tertiary/aromatic N) is 4. The Morgan fingerprint density at radius 1 is 1.16 bits per heavy atom. The van der Waals surface area contributed by atoms with E-state index in [0.717, 1.165) is 37.6 Å². The normalized spacial score (nSPS) is 15.0. The van der Waals surface area contributed by atoms with Crippen LogP contribution in [-0.2, 0) is 0 Å². The third-order valence-electron chi connectivity index (χ3n) is 4.11. The van der Waals surface area contributed by atoms with Crippen molar-refractivity contribution in [3.63, 3.8) is 0 Å². The van der Waals surface area contributed by atoms with E-state index in [0.29, 0.717) is 18.1 Å². The largest absolute Gasteiger partial charge is 0.494 e. The van der Waals surface area contributed by atoms with Crippen LogP contribution in [0.2, 0.25) is 0 Å². The molecule has 0 bridgehead atoms. The first-order chi connectivity index (χ1) is 12.2. The molecule has 3 rings (SSSR count). The van der Waals surface area contributed by atoms with Crippen molar-refractivity contribution in [2.24, 2.45) is 0 Å². The van der Waals surface area contributed by atoms with Crippen LogP contribution in [0.1, 0.15) is 17.4 Å². The van der Waals surface area contributed by atoms with Crippen molar-refractivity contribution < 1.29 is 9.53 Å². The maximum atomic E-state index is 12.6. The van der Waals surface area contributed by atoms with Crippen LogP contribution in [-0.4, -0.2) is 65.5 Å². The summed E-state index contributed by atoms with van der Waals surface area (Å²) in [7, 11) is 2.06. The first-order valence-corrected chi connectivity index (χ1v) is 8.45. The summed E-state index contributed by atoms with van der Waals surface area (Å²) in [5.74, 6) is 1.36. The van der Waals surface area contributed by atoms with Crippen molar-refractivity contribution in [1.82, 2.24) is 19.8 Å². The van der Waals surface area contributed by atoms with Crippen LogP contribution < -0.4 is 10.1 Å². The van der Waals surface area contributed by atoms with Gasteiger partial charge in [-0.1, -0.05) is 0 Å². The number of aromatic nitrogens is 2. The van der Waals surface area contributed by atoms with Gasteiger partial charge in [-0.25, -0.2) is 9.97 Å². The summed E-state index contributed by atoms with van der Waals surface area (Å²) in [5, 5.41) is 3.19. The molecule has 1 aliphatic heterocycles. The number of likely N-dealkylation sites (N-methyl/N-ethyl adjacent to an activating group) is 1. The number of nitrogens with one attached hydrogen (secondary N) is 1. The molecule has 0 aliphatic carbocycles. The minimum atomic E-state index is -0.0507. The van der Waals surface area contributed by atoms with Gasteiger partial charge in [-0.2, -0.15) is 0 Å². The van der Waals surface area contributed by atoms with Crippen LogP contribution in [0.25, 0.3) is 0 Å². The first-order valence-electron chi connectivity index (χ1n) is 8.45. The van der Waals surface area contributed by atoms with Crippen LogP contribution >= 0.6 is 0 Å². The van der Waals surface area contributed by atoms with Crippen LogP contribution in [0.5, 0.6) is 5.75 Å². The molecule has 1 aliphatic rings. The summed E-state index contributed by atoms with van der Waals surface area (Å²) in [6.07, 6.45) is 1.42. The first kappa shape index (κ1) is 17.2. The van der Waals surface area contributed by atoms with Crippen molar-refractivity contribution in [3.05, 3.63) is 42.4 Å². The minimum absolute atomic E-state index is 0.0507. The van der Waals surface area contributed by atoms with Crippen LogP contribution in [0.15, 0.2) is 36.7 Å². The van der Waals surface area contributed by atoms with Crippen molar-refractivity contribution in [2.45, 2.75) is 6.92 Å². The van der Waals surface area contributed by atoms with E-state index >= 15 is 0 Å². The molecular weight excluding hydrogens is 318 g/mol. The minimum Gasteiger partial charge on any atom is -0.494 e. The van der Waals surface area contributed by atoms with Crippen molar-refractivity contribution in [1.29, 1.82) is 0 Å². The summed E-state index contributed by atoms with van der Waals surface area (Å²) in [6.45, 7) is 5.80. The van der Waals surface area contributed by atoms with E-state index in [4.69, 9.17) is 4.74 Å². The lowest BCUT2D eigenvalue weighted by Gasteiger charge is -2.32. The Morgan fingerprint density at radius 2 is 1.88 bits per heavy atom.